The fourth-order valence-corrected chi connectivity index (χ4v) is 1.89. The van der Waals surface area contributed by atoms with Gasteiger partial charge in [-0.05, 0) is 25.2 Å². The van der Waals surface area contributed by atoms with Crippen LogP contribution in [0.5, 0.6) is 0 Å². The first-order valence-electron chi connectivity index (χ1n) is 5.84. The molecule has 5 heteroatoms. The van der Waals surface area contributed by atoms with Crippen LogP contribution in [0, 0.1) is 5.41 Å². The number of carbonyl (C=O) groups excluding carboxylic acids is 1. The quantitative estimate of drug-likeness (QED) is 0.780. The lowest BCUT2D eigenvalue weighted by Crippen LogP contribution is -2.55. The second kappa shape index (κ2) is 4.64. The Balaban J connectivity index is 2.75. The highest BCUT2D eigenvalue weighted by atomic mass is 16.5. The minimum absolute atomic E-state index is 0.336. The van der Waals surface area contributed by atoms with E-state index in [2.05, 4.69) is 5.32 Å². The molecule has 1 aliphatic rings. The molecule has 1 heterocycles. The molecule has 0 aliphatic carbocycles. The molecule has 0 aromatic heterocycles. The van der Waals surface area contributed by atoms with Gasteiger partial charge in [0.25, 0.3) is 5.91 Å². The first-order chi connectivity index (χ1) is 7.67. The SMILES string of the molecule is CC1(C(=O)N[C@@H](C(=O)O)C(C)(C)C)CCCO1. The number of ether oxygens (including phenoxy) is 1. The molecule has 98 valence electrons. The van der Waals surface area contributed by atoms with Crippen molar-refractivity contribution in [2.75, 3.05) is 6.61 Å². The zero-order chi connectivity index (χ0) is 13.3. The summed E-state index contributed by atoms with van der Waals surface area (Å²) >= 11 is 0. The second-order valence-corrected chi connectivity index (χ2v) is 5.79. The number of carboxylic acid groups (broad SMARTS) is 1. The fourth-order valence-electron chi connectivity index (χ4n) is 1.89. The minimum Gasteiger partial charge on any atom is -0.480 e. The van der Waals surface area contributed by atoms with Crippen molar-refractivity contribution < 1.29 is 19.4 Å². The normalized spacial score (nSPS) is 26.6. The number of hydrogen-bond acceptors (Lipinski definition) is 3. The Morgan fingerprint density at radius 2 is 2.00 bits per heavy atom. The lowest BCUT2D eigenvalue weighted by molar-refractivity contribution is -0.150. The molecule has 1 aliphatic heterocycles. The molecule has 1 rings (SSSR count). The van der Waals surface area contributed by atoms with E-state index >= 15 is 0 Å². The van der Waals surface area contributed by atoms with Crippen LogP contribution >= 0.6 is 0 Å². The number of carbonyl (C=O) groups is 2. The van der Waals surface area contributed by atoms with Crippen LogP contribution < -0.4 is 5.32 Å². The monoisotopic (exact) mass is 243 g/mol. The molecule has 1 fully saturated rings. The van der Waals surface area contributed by atoms with Gasteiger partial charge < -0.3 is 15.2 Å². The van der Waals surface area contributed by atoms with Crippen molar-refractivity contribution in [2.45, 2.75) is 52.2 Å². The predicted molar refractivity (Wildman–Crippen MR) is 62.6 cm³/mol. The molecule has 1 unspecified atom stereocenters. The minimum atomic E-state index is -1.02. The summed E-state index contributed by atoms with van der Waals surface area (Å²) in [4.78, 5) is 23.2. The molecule has 0 saturated carbocycles. The van der Waals surface area contributed by atoms with E-state index in [9.17, 15) is 9.59 Å². The van der Waals surface area contributed by atoms with Gasteiger partial charge in [0.05, 0.1) is 0 Å². The van der Waals surface area contributed by atoms with Crippen LogP contribution in [-0.4, -0.2) is 35.2 Å². The average Bonchev–Trinajstić information content (AvgIpc) is 2.60. The van der Waals surface area contributed by atoms with Crippen molar-refractivity contribution in [3.63, 3.8) is 0 Å². The third-order valence-corrected chi connectivity index (χ3v) is 3.09. The molecule has 5 nitrogen and oxygen atoms in total. The van der Waals surface area contributed by atoms with E-state index in [-0.39, 0.29) is 5.91 Å². The summed E-state index contributed by atoms with van der Waals surface area (Å²) in [6.07, 6.45) is 1.46. The van der Waals surface area contributed by atoms with Crippen molar-refractivity contribution in [3.8, 4) is 0 Å². The van der Waals surface area contributed by atoms with Crippen molar-refractivity contribution in [1.82, 2.24) is 5.32 Å². The molecule has 0 aromatic carbocycles. The van der Waals surface area contributed by atoms with Gasteiger partial charge in [-0.25, -0.2) is 4.79 Å². The molecule has 2 N–H and O–H groups in total. The molecule has 17 heavy (non-hydrogen) atoms. The van der Waals surface area contributed by atoms with Crippen LogP contribution in [0.4, 0.5) is 0 Å². The Morgan fingerprint density at radius 3 is 2.35 bits per heavy atom. The molecule has 0 bridgehead atoms. The molecular formula is C12H21NO4. The first kappa shape index (κ1) is 14.0. The lowest BCUT2D eigenvalue weighted by atomic mass is 9.86. The fraction of sp³-hybridized carbons (Fsp3) is 0.833. The van der Waals surface area contributed by atoms with E-state index < -0.39 is 23.0 Å². The van der Waals surface area contributed by atoms with Gasteiger partial charge in [-0.15, -0.1) is 0 Å². The third kappa shape index (κ3) is 3.19. The van der Waals surface area contributed by atoms with E-state index in [0.29, 0.717) is 13.0 Å². The Labute approximate surface area is 102 Å². The highest BCUT2D eigenvalue weighted by Gasteiger charge is 2.41. The van der Waals surface area contributed by atoms with Crippen LogP contribution in [0.3, 0.4) is 0 Å². The molecule has 2 atom stereocenters. The summed E-state index contributed by atoms with van der Waals surface area (Å²) in [5.74, 6) is -1.36. The topological polar surface area (TPSA) is 75.6 Å². The van der Waals surface area contributed by atoms with Gasteiger partial charge in [-0.1, -0.05) is 20.8 Å². The summed E-state index contributed by atoms with van der Waals surface area (Å²) in [6.45, 7) is 7.60. The lowest BCUT2D eigenvalue weighted by Gasteiger charge is -2.31. The maximum atomic E-state index is 12.0. The van der Waals surface area contributed by atoms with E-state index in [4.69, 9.17) is 9.84 Å². The van der Waals surface area contributed by atoms with E-state index in [1.54, 1.807) is 27.7 Å². The first-order valence-corrected chi connectivity index (χ1v) is 5.84. The maximum absolute atomic E-state index is 12.0. The molecule has 1 saturated heterocycles. The van der Waals surface area contributed by atoms with Crippen LogP contribution in [0.15, 0.2) is 0 Å². The predicted octanol–water partition coefficient (Wildman–Crippen LogP) is 1.17. The molecule has 0 radical (unpaired) electrons. The summed E-state index contributed by atoms with van der Waals surface area (Å²) in [5.41, 5.74) is -1.41. The van der Waals surface area contributed by atoms with Gasteiger partial charge in [0.2, 0.25) is 0 Å². The van der Waals surface area contributed by atoms with Crippen LogP contribution in [0.1, 0.15) is 40.5 Å². The number of nitrogens with one attached hydrogen (secondary N) is 1. The van der Waals surface area contributed by atoms with Crippen LogP contribution in [-0.2, 0) is 14.3 Å². The molecule has 0 spiro atoms. The number of rotatable bonds is 3. The van der Waals surface area contributed by atoms with Gasteiger partial charge in [0.1, 0.15) is 11.6 Å². The molecule has 1 amide bonds. The van der Waals surface area contributed by atoms with E-state index in [1.807, 2.05) is 0 Å². The smallest absolute Gasteiger partial charge is 0.326 e. The zero-order valence-electron chi connectivity index (χ0n) is 10.9. The second-order valence-electron chi connectivity index (χ2n) is 5.79. The summed E-state index contributed by atoms with van der Waals surface area (Å²) in [7, 11) is 0. The van der Waals surface area contributed by atoms with Gasteiger partial charge in [0.15, 0.2) is 0 Å². The Hall–Kier alpha value is -1.10. The Kier molecular flexibility index (Phi) is 3.81. The van der Waals surface area contributed by atoms with Crippen molar-refractivity contribution >= 4 is 11.9 Å². The average molecular weight is 243 g/mol. The Morgan fingerprint density at radius 1 is 1.41 bits per heavy atom. The number of aliphatic carboxylic acids is 1. The van der Waals surface area contributed by atoms with E-state index in [1.165, 1.54) is 0 Å². The van der Waals surface area contributed by atoms with Gasteiger partial charge in [-0.3, -0.25) is 4.79 Å². The van der Waals surface area contributed by atoms with Gasteiger partial charge in [0, 0.05) is 6.61 Å². The van der Waals surface area contributed by atoms with Crippen LogP contribution in [0.25, 0.3) is 0 Å². The van der Waals surface area contributed by atoms with Crippen LogP contribution in [0.2, 0.25) is 0 Å². The zero-order valence-corrected chi connectivity index (χ0v) is 10.9. The van der Waals surface area contributed by atoms with E-state index in [0.717, 1.165) is 6.42 Å². The number of carboxylic acids is 1. The maximum Gasteiger partial charge on any atom is 0.326 e. The summed E-state index contributed by atoms with van der Waals surface area (Å²) in [5, 5.41) is 11.7. The molecule has 0 aromatic rings. The highest BCUT2D eigenvalue weighted by molar-refractivity contribution is 5.89. The van der Waals surface area contributed by atoms with Crippen molar-refractivity contribution in [3.05, 3.63) is 0 Å². The van der Waals surface area contributed by atoms with Crippen molar-refractivity contribution in [1.29, 1.82) is 0 Å². The number of amides is 1. The Bertz CT molecular complexity index is 313. The molecular weight excluding hydrogens is 222 g/mol. The van der Waals surface area contributed by atoms with Gasteiger partial charge >= 0.3 is 5.97 Å². The largest absolute Gasteiger partial charge is 0.480 e. The standard InChI is InChI=1S/C12H21NO4/c1-11(2,3)8(9(14)15)13-10(16)12(4)6-5-7-17-12/h8H,5-7H2,1-4H3,(H,13,16)(H,14,15)/t8-,12?/m0/s1. The number of hydrogen-bond donors (Lipinski definition) is 2. The van der Waals surface area contributed by atoms with Crippen molar-refractivity contribution in [2.24, 2.45) is 5.41 Å². The highest BCUT2D eigenvalue weighted by Crippen LogP contribution is 2.27. The summed E-state index contributed by atoms with van der Waals surface area (Å²) < 4.78 is 5.39. The summed E-state index contributed by atoms with van der Waals surface area (Å²) in [6, 6.07) is -0.906. The third-order valence-electron chi connectivity index (χ3n) is 3.09. The van der Waals surface area contributed by atoms with Gasteiger partial charge in [-0.2, -0.15) is 0 Å².